The van der Waals surface area contributed by atoms with Crippen LogP contribution in [0.3, 0.4) is 0 Å². The number of halogens is 1. The summed E-state index contributed by atoms with van der Waals surface area (Å²) in [6.07, 6.45) is 3.68. The molecule has 0 spiro atoms. The molecule has 2 aromatic rings. The summed E-state index contributed by atoms with van der Waals surface area (Å²) in [6.45, 7) is 9.33. The Morgan fingerprint density at radius 1 is 1.33 bits per heavy atom. The van der Waals surface area contributed by atoms with E-state index in [0.717, 1.165) is 28.1 Å². The van der Waals surface area contributed by atoms with Gasteiger partial charge in [-0.2, -0.15) is 5.10 Å². The van der Waals surface area contributed by atoms with Crippen molar-refractivity contribution in [1.82, 2.24) is 15.1 Å². The highest BCUT2D eigenvalue weighted by molar-refractivity contribution is 9.10. The quantitative estimate of drug-likeness (QED) is 0.820. The summed E-state index contributed by atoms with van der Waals surface area (Å²) in [4.78, 5) is 0. The SMILES string of the molecule is CCNC(C)c1cc(Br)ccc1Oc1cnn(C(C)C)c1. The van der Waals surface area contributed by atoms with Crippen LogP contribution < -0.4 is 10.1 Å². The fourth-order valence-electron chi connectivity index (χ4n) is 2.15. The van der Waals surface area contributed by atoms with E-state index >= 15 is 0 Å². The summed E-state index contributed by atoms with van der Waals surface area (Å²) < 4.78 is 8.96. The minimum absolute atomic E-state index is 0.225. The topological polar surface area (TPSA) is 39.1 Å². The van der Waals surface area contributed by atoms with E-state index in [2.05, 4.69) is 60.1 Å². The zero-order valence-corrected chi connectivity index (χ0v) is 14.5. The van der Waals surface area contributed by atoms with Gasteiger partial charge in [0, 0.05) is 22.1 Å². The number of hydrogen-bond donors (Lipinski definition) is 1. The Balaban J connectivity index is 2.25. The average Bonchev–Trinajstić information content (AvgIpc) is 2.90. The van der Waals surface area contributed by atoms with Crippen molar-refractivity contribution in [2.24, 2.45) is 0 Å². The van der Waals surface area contributed by atoms with Crippen LogP contribution in [0, 0.1) is 0 Å². The van der Waals surface area contributed by atoms with E-state index in [1.165, 1.54) is 0 Å². The number of nitrogens with one attached hydrogen (secondary N) is 1. The van der Waals surface area contributed by atoms with Crippen LogP contribution in [0.1, 0.15) is 45.3 Å². The van der Waals surface area contributed by atoms with Crippen LogP contribution in [0.2, 0.25) is 0 Å². The number of nitrogens with zero attached hydrogens (tertiary/aromatic N) is 2. The van der Waals surface area contributed by atoms with Gasteiger partial charge in [-0.3, -0.25) is 4.68 Å². The van der Waals surface area contributed by atoms with E-state index < -0.39 is 0 Å². The van der Waals surface area contributed by atoms with Crippen molar-refractivity contribution in [1.29, 1.82) is 0 Å². The summed E-state index contributed by atoms with van der Waals surface area (Å²) in [7, 11) is 0. The van der Waals surface area contributed by atoms with Gasteiger partial charge in [0.15, 0.2) is 5.75 Å². The first-order valence-electron chi connectivity index (χ1n) is 7.26. The molecule has 0 aliphatic rings. The monoisotopic (exact) mass is 351 g/mol. The van der Waals surface area contributed by atoms with Crippen molar-refractivity contribution in [3.8, 4) is 11.5 Å². The molecule has 114 valence electrons. The molecule has 1 N–H and O–H groups in total. The van der Waals surface area contributed by atoms with Crippen LogP contribution in [-0.4, -0.2) is 16.3 Å². The Hall–Kier alpha value is -1.33. The Morgan fingerprint density at radius 3 is 2.71 bits per heavy atom. The zero-order valence-electron chi connectivity index (χ0n) is 12.9. The highest BCUT2D eigenvalue weighted by Crippen LogP contribution is 2.32. The Kier molecular flexibility index (Phi) is 5.42. The Morgan fingerprint density at radius 2 is 2.10 bits per heavy atom. The second-order valence-electron chi connectivity index (χ2n) is 5.31. The molecular weight excluding hydrogens is 330 g/mol. The number of hydrogen-bond acceptors (Lipinski definition) is 3. The first kappa shape index (κ1) is 16.0. The summed E-state index contributed by atoms with van der Waals surface area (Å²) in [5.41, 5.74) is 1.13. The second-order valence-corrected chi connectivity index (χ2v) is 6.23. The predicted molar refractivity (Wildman–Crippen MR) is 88.9 cm³/mol. The number of aromatic nitrogens is 2. The van der Waals surface area contributed by atoms with Crippen molar-refractivity contribution in [3.63, 3.8) is 0 Å². The largest absolute Gasteiger partial charge is 0.454 e. The number of rotatable bonds is 6. The normalized spacial score (nSPS) is 12.7. The first-order chi connectivity index (χ1) is 10.0. The highest BCUT2D eigenvalue weighted by atomic mass is 79.9. The predicted octanol–water partition coefficient (Wildman–Crippen LogP) is 4.69. The molecule has 0 amide bonds. The van der Waals surface area contributed by atoms with Crippen molar-refractivity contribution < 1.29 is 4.74 Å². The molecule has 1 unspecified atom stereocenters. The van der Waals surface area contributed by atoms with E-state index in [4.69, 9.17) is 4.74 Å². The van der Waals surface area contributed by atoms with Crippen LogP contribution in [0.15, 0.2) is 35.1 Å². The van der Waals surface area contributed by atoms with Gasteiger partial charge >= 0.3 is 0 Å². The van der Waals surface area contributed by atoms with E-state index in [0.29, 0.717) is 6.04 Å². The van der Waals surface area contributed by atoms with E-state index in [1.807, 2.05) is 23.0 Å². The third kappa shape index (κ3) is 4.08. The van der Waals surface area contributed by atoms with Crippen molar-refractivity contribution in [2.75, 3.05) is 6.54 Å². The molecule has 21 heavy (non-hydrogen) atoms. The molecule has 1 aromatic carbocycles. The van der Waals surface area contributed by atoms with Crippen LogP contribution in [0.25, 0.3) is 0 Å². The molecule has 4 nitrogen and oxygen atoms in total. The van der Waals surface area contributed by atoms with Gasteiger partial charge < -0.3 is 10.1 Å². The van der Waals surface area contributed by atoms with Gasteiger partial charge in [0.2, 0.25) is 0 Å². The van der Waals surface area contributed by atoms with Gasteiger partial charge in [-0.15, -0.1) is 0 Å². The van der Waals surface area contributed by atoms with Gasteiger partial charge in [-0.1, -0.05) is 22.9 Å². The summed E-state index contributed by atoms with van der Waals surface area (Å²) >= 11 is 3.52. The highest BCUT2D eigenvalue weighted by Gasteiger charge is 2.13. The van der Waals surface area contributed by atoms with E-state index in [9.17, 15) is 0 Å². The van der Waals surface area contributed by atoms with Gasteiger partial charge in [-0.05, 0) is 45.5 Å². The van der Waals surface area contributed by atoms with Crippen LogP contribution >= 0.6 is 15.9 Å². The lowest BCUT2D eigenvalue weighted by Crippen LogP contribution is -2.18. The molecule has 0 saturated carbocycles. The molecule has 0 aliphatic heterocycles. The summed E-state index contributed by atoms with van der Waals surface area (Å²) in [5, 5.41) is 7.72. The molecule has 0 fully saturated rings. The molecule has 0 radical (unpaired) electrons. The van der Waals surface area contributed by atoms with Crippen LogP contribution in [0.4, 0.5) is 0 Å². The third-order valence-corrected chi connectivity index (χ3v) is 3.78. The van der Waals surface area contributed by atoms with E-state index in [1.54, 1.807) is 6.20 Å². The summed E-state index contributed by atoms with van der Waals surface area (Å²) in [6, 6.07) is 6.62. The molecule has 5 heteroatoms. The minimum atomic E-state index is 0.225. The maximum absolute atomic E-state index is 6.02. The fraction of sp³-hybridized carbons (Fsp3) is 0.438. The lowest BCUT2D eigenvalue weighted by atomic mass is 10.1. The minimum Gasteiger partial charge on any atom is -0.454 e. The number of ether oxygens (including phenoxy) is 1. The lowest BCUT2D eigenvalue weighted by Gasteiger charge is -2.17. The molecule has 1 heterocycles. The van der Waals surface area contributed by atoms with Crippen molar-refractivity contribution >= 4 is 15.9 Å². The molecule has 1 atom stereocenters. The van der Waals surface area contributed by atoms with Crippen LogP contribution in [-0.2, 0) is 0 Å². The van der Waals surface area contributed by atoms with Gasteiger partial charge in [0.25, 0.3) is 0 Å². The van der Waals surface area contributed by atoms with Gasteiger partial charge in [0.05, 0.1) is 12.4 Å². The molecule has 0 saturated heterocycles. The molecule has 0 bridgehead atoms. The second kappa shape index (κ2) is 7.09. The van der Waals surface area contributed by atoms with Gasteiger partial charge in [0.1, 0.15) is 5.75 Å². The standard InChI is InChI=1S/C16H22BrN3O/c1-5-18-12(4)15-8-13(17)6-7-16(15)21-14-9-19-20(10-14)11(2)3/h6-12,18H,5H2,1-4H3. The first-order valence-corrected chi connectivity index (χ1v) is 8.05. The van der Waals surface area contributed by atoms with Gasteiger partial charge in [-0.25, -0.2) is 0 Å². The van der Waals surface area contributed by atoms with E-state index in [-0.39, 0.29) is 6.04 Å². The maximum atomic E-state index is 6.02. The third-order valence-electron chi connectivity index (χ3n) is 3.28. The lowest BCUT2D eigenvalue weighted by molar-refractivity contribution is 0.459. The average molecular weight is 352 g/mol. The molecule has 0 aliphatic carbocycles. The van der Waals surface area contributed by atoms with Crippen molar-refractivity contribution in [2.45, 2.75) is 39.8 Å². The Bertz CT molecular complexity index is 595. The Labute approximate surface area is 134 Å². The summed E-state index contributed by atoms with van der Waals surface area (Å²) in [5.74, 6) is 1.62. The fourth-order valence-corrected chi connectivity index (χ4v) is 2.53. The molecule has 1 aromatic heterocycles. The van der Waals surface area contributed by atoms with Crippen LogP contribution in [0.5, 0.6) is 11.5 Å². The molecule has 2 rings (SSSR count). The smallest absolute Gasteiger partial charge is 0.165 e. The number of benzene rings is 1. The molecular formula is C16H22BrN3O. The maximum Gasteiger partial charge on any atom is 0.165 e. The van der Waals surface area contributed by atoms with Crippen molar-refractivity contribution in [3.05, 3.63) is 40.6 Å². The zero-order chi connectivity index (χ0) is 15.4.